The highest BCUT2D eigenvalue weighted by Gasteiger charge is 2.12. The molecule has 0 aromatic heterocycles. The smallest absolute Gasteiger partial charge is 0.350 e. The van der Waals surface area contributed by atoms with Crippen molar-refractivity contribution in [3.63, 3.8) is 0 Å². The van der Waals surface area contributed by atoms with Crippen LogP contribution in [-0.4, -0.2) is 25.9 Å². The highest BCUT2D eigenvalue weighted by Crippen LogP contribution is 2.08. The van der Waals surface area contributed by atoms with Crippen LogP contribution in [0.3, 0.4) is 0 Å². The number of hydrogen-bond acceptors (Lipinski definition) is 4. The van der Waals surface area contributed by atoms with Crippen molar-refractivity contribution in [2.75, 3.05) is 6.61 Å². The molecule has 0 fully saturated rings. The number of ether oxygens (including phenoxy) is 1. The van der Waals surface area contributed by atoms with E-state index in [2.05, 4.69) is 16.6 Å². The van der Waals surface area contributed by atoms with Gasteiger partial charge in [0.1, 0.15) is 0 Å². The van der Waals surface area contributed by atoms with E-state index in [4.69, 9.17) is 11.6 Å². The summed E-state index contributed by atoms with van der Waals surface area (Å²) in [5, 5.41) is 0.588. The predicted molar refractivity (Wildman–Crippen MR) is 73.5 cm³/mol. The van der Waals surface area contributed by atoms with Crippen molar-refractivity contribution in [1.29, 1.82) is 0 Å². The van der Waals surface area contributed by atoms with Gasteiger partial charge in [0.25, 0.3) is 0 Å². The van der Waals surface area contributed by atoms with E-state index in [1.54, 1.807) is 31.2 Å². The van der Waals surface area contributed by atoms with Gasteiger partial charge in [0.2, 0.25) is 10.3 Å². The van der Waals surface area contributed by atoms with E-state index in [-0.39, 0.29) is 17.9 Å². The number of halogens is 1. The van der Waals surface area contributed by atoms with Gasteiger partial charge in [-0.3, -0.25) is 0 Å². The zero-order valence-corrected chi connectivity index (χ0v) is 11.7. The molecule has 0 saturated heterocycles. The third-order valence-electron chi connectivity index (χ3n) is 2.03. The maximum Gasteiger partial charge on any atom is 0.350 e. The lowest BCUT2D eigenvalue weighted by atomic mass is 10.2. The molecule has 0 saturated carbocycles. The molecule has 4 nitrogen and oxygen atoms in total. The van der Waals surface area contributed by atoms with E-state index < -0.39 is 16.3 Å². The summed E-state index contributed by atoms with van der Waals surface area (Å²) in [6.07, 6.45) is -0.183. The van der Waals surface area contributed by atoms with Gasteiger partial charge in [-0.1, -0.05) is 23.4 Å². The van der Waals surface area contributed by atoms with Gasteiger partial charge in [0.05, 0.1) is 13.0 Å². The molecule has 0 aliphatic heterocycles. The molecule has 0 bridgehead atoms. The van der Waals surface area contributed by atoms with Crippen LogP contribution in [0.1, 0.15) is 18.9 Å². The lowest BCUT2D eigenvalue weighted by molar-refractivity contribution is -0.134. The molecule has 1 aromatic carbocycles. The summed E-state index contributed by atoms with van der Waals surface area (Å²) in [4.78, 5) is 11.0. The zero-order valence-electron chi connectivity index (χ0n) is 10.1. The van der Waals surface area contributed by atoms with Gasteiger partial charge < -0.3 is 4.74 Å². The number of carbonyl (C=O) groups excluding carboxylic acids is 1. The Bertz CT molecular complexity index is 640. The Morgan fingerprint density at radius 1 is 1.32 bits per heavy atom. The Kier molecular flexibility index (Phi) is 6.13. The minimum Gasteiger partial charge on any atom is -0.462 e. The fourth-order valence-corrected chi connectivity index (χ4v) is 1.68. The third kappa shape index (κ3) is 5.16. The second-order valence-electron chi connectivity index (χ2n) is 3.36. The molecule has 0 atom stereocenters. The van der Waals surface area contributed by atoms with Crippen molar-refractivity contribution in [1.82, 2.24) is 0 Å². The van der Waals surface area contributed by atoms with Gasteiger partial charge in [-0.25, -0.2) is 4.79 Å². The number of carbonyl (C=O) groups is 1. The van der Waals surface area contributed by atoms with Crippen LogP contribution in [0, 0.1) is 11.8 Å². The predicted octanol–water partition coefficient (Wildman–Crippen LogP) is 1.70. The summed E-state index contributed by atoms with van der Waals surface area (Å²) < 4.78 is 26.4. The average molecular weight is 299 g/mol. The van der Waals surface area contributed by atoms with Crippen molar-refractivity contribution in [2.45, 2.75) is 13.3 Å². The Morgan fingerprint density at radius 2 is 1.95 bits per heavy atom. The SMILES string of the molecule is CCOC(=O)C(CC#Cc1ccc(Cl)cc1)=S(=O)=O. The number of esters is 1. The highest BCUT2D eigenvalue weighted by molar-refractivity contribution is 7.74. The Morgan fingerprint density at radius 3 is 2.47 bits per heavy atom. The molecule has 0 N–H and O–H groups in total. The van der Waals surface area contributed by atoms with Crippen LogP contribution in [-0.2, 0) is 19.8 Å². The molecule has 0 aliphatic carbocycles. The average Bonchev–Trinajstić information content (AvgIpc) is 2.36. The van der Waals surface area contributed by atoms with Crippen LogP contribution < -0.4 is 0 Å². The maximum absolute atomic E-state index is 11.3. The molecule has 0 aliphatic rings. The molecule has 0 unspecified atom stereocenters. The second kappa shape index (κ2) is 7.62. The summed E-state index contributed by atoms with van der Waals surface area (Å²) in [5.74, 6) is 4.50. The number of rotatable bonds is 3. The van der Waals surface area contributed by atoms with Gasteiger partial charge in [0.15, 0.2) is 4.86 Å². The van der Waals surface area contributed by atoms with Crippen LogP contribution in [0.5, 0.6) is 0 Å². The first-order valence-electron chi connectivity index (χ1n) is 5.41. The molecule has 1 aromatic rings. The van der Waals surface area contributed by atoms with Crippen molar-refractivity contribution in [2.24, 2.45) is 0 Å². The number of hydrogen-bond donors (Lipinski definition) is 0. The first kappa shape index (κ1) is 15.3. The van der Waals surface area contributed by atoms with Crippen LogP contribution in [0.15, 0.2) is 24.3 Å². The van der Waals surface area contributed by atoms with E-state index in [9.17, 15) is 13.2 Å². The van der Waals surface area contributed by atoms with Crippen molar-refractivity contribution < 1.29 is 17.9 Å². The summed E-state index contributed by atoms with van der Waals surface area (Å²) in [6, 6.07) is 6.75. The van der Waals surface area contributed by atoms with Crippen LogP contribution >= 0.6 is 11.6 Å². The summed E-state index contributed by atoms with van der Waals surface area (Å²) in [6.45, 7) is 1.72. The minimum absolute atomic E-state index is 0.115. The first-order chi connectivity index (χ1) is 9.04. The van der Waals surface area contributed by atoms with Gasteiger partial charge in [0, 0.05) is 10.6 Å². The molecule has 0 amide bonds. The van der Waals surface area contributed by atoms with Crippen molar-refractivity contribution in [3.05, 3.63) is 34.9 Å². The monoisotopic (exact) mass is 298 g/mol. The van der Waals surface area contributed by atoms with E-state index in [0.29, 0.717) is 10.6 Å². The first-order valence-corrected chi connectivity index (χ1v) is 6.86. The second-order valence-corrected chi connectivity index (χ2v) is 4.76. The van der Waals surface area contributed by atoms with E-state index in [0.717, 1.165) is 0 Å². The number of benzene rings is 1. The molecule has 0 spiro atoms. The molecule has 19 heavy (non-hydrogen) atoms. The summed E-state index contributed by atoms with van der Waals surface area (Å²) in [7, 11) is -2.63. The maximum atomic E-state index is 11.3. The third-order valence-corrected chi connectivity index (χ3v) is 3.00. The van der Waals surface area contributed by atoms with Gasteiger partial charge in [-0.15, -0.1) is 0 Å². The lowest BCUT2D eigenvalue weighted by Crippen LogP contribution is -2.17. The Hall–Kier alpha value is -1.77. The molecule has 0 heterocycles. The Balaban J connectivity index is 2.82. The normalized spacial score (nSPS) is 9.16. The van der Waals surface area contributed by atoms with Gasteiger partial charge >= 0.3 is 5.97 Å². The van der Waals surface area contributed by atoms with E-state index in [1.165, 1.54) is 0 Å². The molecular formula is C13H11ClO4S. The highest BCUT2D eigenvalue weighted by atomic mass is 35.5. The van der Waals surface area contributed by atoms with Crippen LogP contribution in [0.25, 0.3) is 0 Å². The molecular weight excluding hydrogens is 288 g/mol. The topological polar surface area (TPSA) is 60.4 Å². The van der Waals surface area contributed by atoms with E-state index in [1.807, 2.05) is 0 Å². The van der Waals surface area contributed by atoms with Crippen LogP contribution in [0.4, 0.5) is 0 Å². The molecule has 0 radical (unpaired) electrons. The van der Waals surface area contributed by atoms with Gasteiger partial charge in [-0.2, -0.15) is 8.42 Å². The largest absolute Gasteiger partial charge is 0.462 e. The zero-order chi connectivity index (χ0) is 14.3. The van der Waals surface area contributed by atoms with Gasteiger partial charge in [-0.05, 0) is 31.2 Å². The quantitative estimate of drug-likeness (QED) is 0.484. The van der Waals surface area contributed by atoms with Crippen LogP contribution in [0.2, 0.25) is 5.02 Å². The summed E-state index contributed by atoms with van der Waals surface area (Å²) in [5.41, 5.74) is 0.685. The fraction of sp³-hybridized carbons (Fsp3) is 0.231. The van der Waals surface area contributed by atoms with Crippen molar-refractivity contribution in [3.8, 4) is 11.8 Å². The minimum atomic E-state index is -2.63. The fourth-order valence-electron chi connectivity index (χ4n) is 1.17. The Labute approximate surface area is 117 Å². The molecule has 1 rings (SSSR count). The lowest BCUT2D eigenvalue weighted by Gasteiger charge is -1.98. The molecule has 100 valence electrons. The summed E-state index contributed by atoms with van der Waals surface area (Å²) >= 11 is 5.72. The van der Waals surface area contributed by atoms with Crippen molar-refractivity contribution >= 4 is 32.7 Å². The standard InChI is InChI=1S/C13H11ClO4S/c1-2-18-13(15)12(19(16)17)5-3-4-10-6-8-11(14)9-7-10/h6-9H,2,5H2,1H3. The molecule has 6 heteroatoms. The van der Waals surface area contributed by atoms with E-state index >= 15 is 0 Å².